The fourth-order valence-electron chi connectivity index (χ4n) is 0.292. The predicted molar refractivity (Wildman–Crippen MR) is 36.7 cm³/mol. The van der Waals surface area contributed by atoms with Gasteiger partial charge in [-0.3, -0.25) is 4.79 Å². The first-order chi connectivity index (χ1) is 5.16. The molecule has 1 aliphatic heterocycles. The zero-order valence-electron chi connectivity index (χ0n) is 5.91. The van der Waals surface area contributed by atoms with Gasteiger partial charge in [0.05, 0.1) is 0 Å². The first-order valence-electron chi connectivity index (χ1n) is 2.88. The summed E-state index contributed by atoms with van der Waals surface area (Å²) in [5, 5.41) is 0. The minimum Gasteiger partial charge on any atom is -0.431 e. The zero-order chi connectivity index (χ0) is 8.69. The molecule has 5 heteroatoms. The number of hydrogen-bond donors (Lipinski definition) is 1. The van der Waals surface area contributed by atoms with Gasteiger partial charge in [-0.1, -0.05) is 6.58 Å². The number of carbonyl (C=O) groups is 2. The van der Waals surface area contributed by atoms with Crippen molar-refractivity contribution in [3.63, 3.8) is 0 Å². The Morgan fingerprint density at radius 1 is 1.55 bits per heavy atom. The van der Waals surface area contributed by atoms with Crippen LogP contribution in [0.2, 0.25) is 0 Å². The minimum absolute atomic E-state index is 0.416. The third-order valence-electron chi connectivity index (χ3n) is 0.724. The number of ether oxygens (including phenoxy) is 2. The number of cyclic esters (lactones) is 2. The molecular formula is C6H9NO4. The van der Waals surface area contributed by atoms with Gasteiger partial charge in [0.2, 0.25) is 5.91 Å². The largest absolute Gasteiger partial charge is 0.508 e. The van der Waals surface area contributed by atoms with Gasteiger partial charge in [0.15, 0.2) is 0 Å². The molecule has 1 amide bonds. The molecule has 1 rings (SSSR count). The standard InChI is InChI=1S/C3H5NO.C3H4O3/c1-2-3(4)5;4-3-5-1-2-6-3/h2H,1H2,(H2,4,5);1-2H2. The van der Waals surface area contributed by atoms with Crippen molar-refractivity contribution in [2.45, 2.75) is 0 Å². The third-order valence-corrected chi connectivity index (χ3v) is 0.724. The molecule has 0 bridgehead atoms. The molecule has 0 radical (unpaired) electrons. The van der Waals surface area contributed by atoms with Crippen LogP contribution in [0.5, 0.6) is 0 Å². The van der Waals surface area contributed by atoms with E-state index >= 15 is 0 Å². The summed E-state index contributed by atoms with van der Waals surface area (Å²) in [6.07, 6.45) is 0.509. The van der Waals surface area contributed by atoms with E-state index in [1.165, 1.54) is 0 Å². The Hall–Kier alpha value is -1.52. The van der Waals surface area contributed by atoms with Crippen LogP contribution in [-0.4, -0.2) is 25.3 Å². The third kappa shape index (κ3) is 6.36. The summed E-state index contributed by atoms with van der Waals surface area (Å²) in [7, 11) is 0. The van der Waals surface area contributed by atoms with Crippen LogP contribution in [-0.2, 0) is 14.3 Å². The van der Waals surface area contributed by atoms with Gasteiger partial charge in [-0.25, -0.2) is 4.79 Å². The number of carbonyl (C=O) groups excluding carboxylic acids is 2. The zero-order valence-corrected chi connectivity index (χ0v) is 5.91. The second-order valence-electron chi connectivity index (χ2n) is 1.55. The Balaban J connectivity index is 0.000000187. The average molecular weight is 159 g/mol. The van der Waals surface area contributed by atoms with E-state index in [2.05, 4.69) is 21.8 Å². The van der Waals surface area contributed by atoms with E-state index in [0.29, 0.717) is 13.2 Å². The first kappa shape index (κ1) is 9.48. The van der Waals surface area contributed by atoms with Crippen molar-refractivity contribution in [1.82, 2.24) is 0 Å². The Kier molecular flexibility index (Phi) is 4.55. The van der Waals surface area contributed by atoms with Gasteiger partial charge < -0.3 is 15.2 Å². The molecule has 0 aromatic carbocycles. The highest BCUT2D eigenvalue weighted by Crippen LogP contribution is 1.92. The molecule has 0 aliphatic carbocycles. The Labute approximate surface area is 63.8 Å². The molecule has 0 aromatic rings. The maximum absolute atomic E-state index is 9.80. The van der Waals surface area contributed by atoms with Gasteiger partial charge in [0, 0.05) is 0 Å². The lowest BCUT2D eigenvalue weighted by molar-refractivity contribution is -0.113. The van der Waals surface area contributed by atoms with E-state index in [9.17, 15) is 9.59 Å². The summed E-state index contributed by atoms with van der Waals surface area (Å²) in [5.41, 5.74) is 4.53. The minimum atomic E-state index is -0.546. The van der Waals surface area contributed by atoms with E-state index in [-0.39, 0.29) is 0 Å². The predicted octanol–water partition coefficient (Wildman–Crippen LogP) is -0.189. The molecular weight excluding hydrogens is 150 g/mol. The molecule has 5 nitrogen and oxygen atoms in total. The van der Waals surface area contributed by atoms with Crippen LogP contribution < -0.4 is 5.73 Å². The maximum atomic E-state index is 9.80. The average Bonchev–Trinajstić information content (AvgIpc) is 2.41. The maximum Gasteiger partial charge on any atom is 0.508 e. The van der Waals surface area contributed by atoms with Crippen molar-refractivity contribution in [3.05, 3.63) is 12.7 Å². The number of hydrogen-bond acceptors (Lipinski definition) is 4. The second-order valence-corrected chi connectivity index (χ2v) is 1.55. The summed E-state index contributed by atoms with van der Waals surface area (Å²) < 4.78 is 8.58. The Morgan fingerprint density at radius 2 is 1.91 bits per heavy atom. The number of amides is 1. The van der Waals surface area contributed by atoms with Crippen LogP contribution in [0.3, 0.4) is 0 Å². The fraction of sp³-hybridized carbons (Fsp3) is 0.333. The molecule has 62 valence electrons. The van der Waals surface area contributed by atoms with E-state index in [0.717, 1.165) is 6.08 Å². The number of primary amides is 1. The Morgan fingerprint density at radius 3 is 2.00 bits per heavy atom. The summed E-state index contributed by atoms with van der Waals surface area (Å²) in [6, 6.07) is 0. The molecule has 0 saturated carbocycles. The molecule has 1 fully saturated rings. The van der Waals surface area contributed by atoms with E-state index < -0.39 is 12.1 Å². The molecule has 0 aromatic heterocycles. The van der Waals surface area contributed by atoms with Gasteiger partial charge in [-0.15, -0.1) is 0 Å². The van der Waals surface area contributed by atoms with Gasteiger partial charge in [0.1, 0.15) is 13.2 Å². The second kappa shape index (κ2) is 5.28. The van der Waals surface area contributed by atoms with Crippen LogP contribution in [0.1, 0.15) is 0 Å². The normalized spacial score (nSPS) is 13.6. The van der Waals surface area contributed by atoms with Crippen LogP contribution in [0.25, 0.3) is 0 Å². The van der Waals surface area contributed by atoms with Crippen molar-refractivity contribution >= 4 is 12.1 Å². The monoisotopic (exact) mass is 159 g/mol. The summed E-state index contributed by atoms with van der Waals surface area (Å²) >= 11 is 0. The van der Waals surface area contributed by atoms with Crippen molar-refractivity contribution in [3.8, 4) is 0 Å². The highest BCUT2D eigenvalue weighted by atomic mass is 16.8. The van der Waals surface area contributed by atoms with Gasteiger partial charge in [-0.2, -0.15) is 0 Å². The topological polar surface area (TPSA) is 78.6 Å². The number of rotatable bonds is 1. The van der Waals surface area contributed by atoms with Gasteiger partial charge in [-0.05, 0) is 6.08 Å². The van der Waals surface area contributed by atoms with Crippen LogP contribution in [0.15, 0.2) is 12.7 Å². The lowest BCUT2D eigenvalue weighted by atomic mass is 10.6. The van der Waals surface area contributed by atoms with E-state index in [1.807, 2.05) is 0 Å². The smallest absolute Gasteiger partial charge is 0.431 e. The van der Waals surface area contributed by atoms with Crippen LogP contribution in [0.4, 0.5) is 4.79 Å². The Bertz CT molecular complexity index is 158. The lowest BCUT2D eigenvalue weighted by Gasteiger charge is -1.78. The number of nitrogens with two attached hydrogens (primary N) is 1. The van der Waals surface area contributed by atoms with Crippen molar-refractivity contribution in [1.29, 1.82) is 0 Å². The quantitative estimate of drug-likeness (QED) is 0.425. The molecule has 1 saturated heterocycles. The molecule has 2 N–H and O–H groups in total. The molecule has 11 heavy (non-hydrogen) atoms. The first-order valence-corrected chi connectivity index (χ1v) is 2.88. The molecule has 1 aliphatic rings. The van der Waals surface area contributed by atoms with E-state index in [4.69, 9.17) is 0 Å². The summed E-state index contributed by atoms with van der Waals surface area (Å²) in [5.74, 6) is -0.481. The molecule has 0 spiro atoms. The summed E-state index contributed by atoms with van der Waals surface area (Å²) in [6.45, 7) is 3.92. The van der Waals surface area contributed by atoms with Crippen LogP contribution in [0, 0.1) is 0 Å². The fourth-order valence-corrected chi connectivity index (χ4v) is 0.292. The SMILES string of the molecule is C=CC(N)=O.O=C1OCCO1. The van der Waals surface area contributed by atoms with Gasteiger partial charge in [0.25, 0.3) is 0 Å². The molecule has 1 heterocycles. The van der Waals surface area contributed by atoms with Crippen molar-refractivity contribution in [2.75, 3.05) is 13.2 Å². The lowest BCUT2D eigenvalue weighted by Crippen LogP contribution is -2.04. The van der Waals surface area contributed by atoms with Crippen molar-refractivity contribution in [2.24, 2.45) is 5.73 Å². The highest BCUT2D eigenvalue weighted by molar-refractivity contribution is 5.84. The molecule has 0 atom stereocenters. The molecule has 0 unspecified atom stereocenters. The van der Waals surface area contributed by atoms with E-state index in [1.54, 1.807) is 0 Å². The summed E-state index contributed by atoms with van der Waals surface area (Å²) in [4.78, 5) is 19.3. The van der Waals surface area contributed by atoms with Crippen molar-refractivity contribution < 1.29 is 19.1 Å². The van der Waals surface area contributed by atoms with Gasteiger partial charge >= 0.3 is 6.16 Å². The van der Waals surface area contributed by atoms with Crippen LogP contribution >= 0.6 is 0 Å². The highest BCUT2D eigenvalue weighted by Gasteiger charge is 2.09.